The Labute approximate surface area is 192 Å². The molecule has 2 amide bonds. The summed E-state index contributed by atoms with van der Waals surface area (Å²) in [4.78, 5) is 12.7. The van der Waals surface area contributed by atoms with Gasteiger partial charge in [0.15, 0.2) is 11.2 Å². The highest BCUT2D eigenvalue weighted by molar-refractivity contribution is 5.74. The predicted octanol–water partition coefficient (Wildman–Crippen LogP) is 5.66. The summed E-state index contributed by atoms with van der Waals surface area (Å²) in [5.74, 6) is 0.338. The second-order valence-electron chi connectivity index (χ2n) is 8.64. The summed E-state index contributed by atoms with van der Waals surface area (Å²) in [6.07, 6.45) is 2.01. The van der Waals surface area contributed by atoms with Crippen molar-refractivity contribution >= 4 is 6.03 Å². The monoisotopic (exact) mass is 433 g/mol. The van der Waals surface area contributed by atoms with Crippen molar-refractivity contribution in [2.24, 2.45) is 16.1 Å². The van der Waals surface area contributed by atoms with Crippen LogP contribution < -0.4 is 10.6 Å². The van der Waals surface area contributed by atoms with Gasteiger partial charge in [0.05, 0.1) is 6.07 Å². The van der Waals surface area contributed by atoms with Crippen molar-refractivity contribution in [3.05, 3.63) is 71.8 Å². The molecule has 2 atom stereocenters. The summed E-state index contributed by atoms with van der Waals surface area (Å²) in [6, 6.07) is 21.8. The van der Waals surface area contributed by atoms with Crippen LogP contribution >= 0.6 is 0 Å². The molecule has 2 rings (SSSR count). The van der Waals surface area contributed by atoms with E-state index in [2.05, 4.69) is 26.9 Å². The SMILES string of the molecule is CCC(C#N)(Cc1ccccc1)N=NC(CC)(Cc1ccccc1)NC(=O)NCC(C)C. The Morgan fingerprint density at radius 2 is 1.50 bits per heavy atom. The van der Waals surface area contributed by atoms with Crippen LogP contribution in [0.15, 0.2) is 70.9 Å². The van der Waals surface area contributed by atoms with Crippen LogP contribution in [0, 0.1) is 17.2 Å². The first-order valence-corrected chi connectivity index (χ1v) is 11.3. The Kier molecular flexibility index (Phi) is 9.39. The quantitative estimate of drug-likeness (QED) is 0.448. The Morgan fingerprint density at radius 3 is 1.97 bits per heavy atom. The molecule has 0 spiro atoms. The van der Waals surface area contributed by atoms with Crippen LogP contribution in [-0.2, 0) is 12.8 Å². The Morgan fingerprint density at radius 1 is 0.938 bits per heavy atom. The highest BCUT2D eigenvalue weighted by Crippen LogP contribution is 2.26. The van der Waals surface area contributed by atoms with Gasteiger partial charge in [-0.3, -0.25) is 0 Å². The fraction of sp³-hybridized carbons (Fsp3) is 0.462. The molecule has 170 valence electrons. The van der Waals surface area contributed by atoms with Gasteiger partial charge in [0.1, 0.15) is 0 Å². The van der Waals surface area contributed by atoms with Crippen molar-refractivity contribution in [2.45, 2.75) is 64.6 Å². The van der Waals surface area contributed by atoms with Gasteiger partial charge in [0.25, 0.3) is 0 Å². The molecule has 6 heteroatoms. The van der Waals surface area contributed by atoms with Crippen molar-refractivity contribution < 1.29 is 4.79 Å². The molecular formula is C26H35N5O. The van der Waals surface area contributed by atoms with Crippen molar-refractivity contribution in [3.63, 3.8) is 0 Å². The normalized spacial score (nSPS) is 15.0. The smallest absolute Gasteiger partial charge is 0.316 e. The standard InChI is InChI=1S/C26H35N5O/c1-5-25(20-27,17-22-13-9-7-10-14-22)30-31-26(6-2,18-23-15-11-8-12-16-23)29-24(32)28-19-21(3)4/h7-16,21H,5-6,17-19H2,1-4H3,(H2,28,29,32). The minimum Gasteiger partial charge on any atom is -0.338 e. The number of carbonyl (C=O) groups is 1. The lowest BCUT2D eigenvalue weighted by molar-refractivity contribution is 0.218. The third-order valence-electron chi connectivity index (χ3n) is 5.51. The maximum absolute atomic E-state index is 12.7. The molecule has 32 heavy (non-hydrogen) atoms. The summed E-state index contributed by atoms with van der Waals surface area (Å²) >= 11 is 0. The van der Waals surface area contributed by atoms with E-state index in [4.69, 9.17) is 0 Å². The number of hydrogen-bond donors (Lipinski definition) is 2. The number of nitriles is 1. The molecule has 0 bridgehead atoms. The number of rotatable bonds is 11. The third kappa shape index (κ3) is 7.49. The number of urea groups is 1. The van der Waals surface area contributed by atoms with Gasteiger partial charge >= 0.3 is 6.03 Å². The van der Waals surface area contributed by atoms with Crippen LogP contribution in [0.1, 0.15) is 51.7 Å². The number of nitrogens with zero attached hydrogens (tertiary/aromatic N) is 3. The lowest BCUT2D eigenvalue weighted by Gasteiger charge is -2.31. The molecule has 6 nitrogen and oxygen atoms in total. The number of azo groups is 1. The Balaban J connectivity index is 2.36. The van der Waals surface area contributed by atoms with Gasteiger partial charge in [0.2, 0.25) is 0 Å². The topological polar surface area (TPSA) is 89.6 Å². The van der Waals surface area contributed by atoms with Gasteiger partial charge in [-0.25, -0.2) is 4.79 Å². The van der Waals surface area contributed by atoms with E-state index in [-0.39, 0.29) is 6.03 Å². The van der Waals surface area contributed by atoms with Gasteiger partial charge < -0.3 is 10.6 Å². The Bertz CT molecular complexity index is 907. The second kappa shape index (κ2) is 12.0. The maximum atomic E-state index is 12.7. The van der Waals surface area contributed by atoms with Crippen LogP contribution in [0.3, 0.4) is 0 Å². The molecule has 0 aliphatic carbocycles. The molecule has 0 heterocycles. The zero-order chi connectivity index (χ0) is 23.5. The van der Waals surface area contributed by atoms with Crippen molar-refractivity contribution in [3.8, 4) is 6.07 Å². The number of hydrogen-bond acceptors (Lipinski definition) is 4. The number of carbonyl (C=O) groups excluding carboxylic acids is 1. The molecular weight excluding hydrogens is 398 g/mol. The molecule has 2 N–H and O–H groups in total. The fourth-order valence-electron chi connectivity index (χ4n) is 3.37. The maximum Gasteiger partial charge on any atom is 0.316 e. The van der Waals surface area contributed by atoms with E-state index in [0.29, 0.717) is 38.1 Å². The average Bonchev–Trinajstić information content (AvgIpc) is 2.81. The molecule has 0 saturated carbocycles. The first-order valence-electron chi connectivity index (χ1n) is 11.3. The van der Waals surface area contributed by atoms with Gasteiger partial charge in [-0.2, -0.15) is 15.5 Å². The predicted molar refractivity (Wildman–Crippen MR) is 128 cm³/mol. The van der Waals surface area contributed by atoms with Crippen LogP contribution in [0.4, 0.5) is 4.79 Å². The number of amides is 2. The molecule has 0 aliphatic rings. The van der Waals surface area contributed by atoms with E-state index in [1.165, 1.54) is 0 Å². The van der Waals surface area contributed by atoms with E-state index >= 15 is 0 Å². The van der Waals surface area contributed by atoms with Crippen LogP contribution in [0.5, 0.6) is 0 Å². The zero-order valence-corrected chi connectivity index (χ0v) is 19.6. The van der Waals surface area contributed by atoms with Crippen LogP contribution in [0.2, 0.25) is 0 Å². The van der Waals surface area contributed by atoms with Gasteiger partial charge in [0, 0.05) is 19.4 Å². The Hall–Kier alpha value is -3.20. The first kappa shape index (κ1) is 25.1. The molecule has 0 aromatic heterocycles. The highest BCUT2D eigenvalue weighted by atomic mass is 16.2. The van der Waals surface area contributed by atoms with E-state index in [9.17, 15) is 10.1 Å². The second-order valence-corrected chi connectivity index (χ2v) is 8.64. The summed E-state index contributed by atoms with van der Waals surface area (Å²) in [6.45, 7) is 8.58. The number of nitrogens with one attached hydrogen (secondary N) is 2. The van der Waals surface area contributed by atoms with E-state index in [0.717, 1.165) is 11.1 Å². The van der Waals surface area contributed by atoms with Crippen molar-refractivity contribution in [2.75, 3.05) is 6.54 Å². The lowest BCUT2D eigenvalue weighted by Crippen LogP contribution is -2.52. The summed E-state index contributed by atoms with van der Waals surface area (Å²) in [5.41, 5.74) is 0.132. The molecule has 2 aromatic carbocycles. The molecule has 2 unspecified atom stereocenters. The van der Waals surface area contributed by atoms with E-state index in [1.807, 2.05) is 88.4 Å². The van der Waals surface area contributed by atoms with Gasteiger partial charge in [-0.05, 0) is 29.9 Å². The van der Waals surface area contributed by atoms with Gasteiger partial charge in [-0.1, -0.05) is 88.4 Å². The van der Waals surface area contributed by atoms with Crippen molar-refractivity contribution in [1.29, 1.82) is 5.26 Å². The van der Waals surface area contributed by atoms with Crippen molar-refractivity contribution in [1.82, 2.24) is 10.6 Å². The van der Waals surface area contributed by atoms with Crippen LogP contribution in [-0.4, -0.2) is 23.8 Å². The minimum absolute atomic E-state index is 0.280. The van der Waals surface area contributed by atoms with E-state index in [1.54, 1.807) is 0 Å². The molecule has 0 aliphatic heterocycles. The van der Waals surface area contributed by atoms with Crippen LogP contribution in [0.25, 0.3) is 0 Å². The third-order valence-corrected chi connectivity index (χ3v) is 5.51. The molecule has 0 radical (unpaired) electrons. The summed E-state index contributed by atoms with van der Waals surface area (Å²) in [7, 11) is 0. The first-order chi connectivity index (χ1) is 15.4. The minimum atomic E-state index is -0.992. The fourth-order valence-corrected chi connectivity index (χ4v) is 3.37. The molecule has 0 fully saturated rings. The number of benzene rings is 2. The average molecular weight is 434 g/mol. The van der Waals surface area contributed by atoms with Gasteiger partial charge in [-0.15, -0.1) is 0 Å². The zero-order valence-electron chi connectivity index (χ0n) is 19.6. The van der Waals surface area contributed by atoms with E-state index < -0.39 is 11.2 Å². The molecule has 2 aromatic rings. The molecule has 0 saturated heterocycles. The summed E-state index contributed by atoms with van der Waals surface area (Å²) in [5, 5.41) is 25.2. The lowest BCUT2D eigenvalue weighted by atomic mass is 9.90. The largest absolute Gasteiger partial charge is 0.338 e. The highest BCUT2D eigenvalue weighted by Gasteiger charge is 2.34. The summed E-state index contributed by atoms with van der Waals surface area (Å²) < 4.78 is 0.